The Hall–Kier alpha value is -2.98. The van der Waals surface area contributed by atoms with Crippen LogP contribution >= 0.6 is 0 Å². The van der Waals surface area contributed by atoms with Crippen molar-refractivity contribution in [2.75, 3.05) is 19.6 Å². The van der Waals surface area contributed by atoms with Crippen LogP contribution in [0.5, 0.6) is 0 Å². The van der Waals surface area contributed by atoms with Crippen LogP contribution in [0.1, 0.15) is 53.6 Å². The fourth-order valence-electron chi connectivity index (χ4n) is 6.42. The maximum atomic E-state index is 12.9. The molecular formula is C27H31F3N4O3. The van der Waals surface area contributed by atoms with E-state index in [1.54, 1.807) is 12.4 Å². The van der Waals surface area contributed by atoms with E-state index in [1.165, 1.54) is 12.1 Å². The normalized spacial score (nSPS) is 29.7. The molecule has 2 unspecified atom stereocenters. The third-order valence-electron chi connectivity index (χ3n) is 8.18. The Morgan fingerprint density at radius 1 is 1.14 bits per heavy atom. The van der Waals surface area contributed by atoms with E-state index in [9.17, 15) is 27.9 Å². The lowest BCUT2D eigenvalue weighted by molar-refractivity contribution is -0.137. The van der Waals surface area contributed by atoms with E-state index in [0.29, 0.717) is 17.9 Å². The monoisotopic (exact) mass is 516 g/mol. The molecule has 10 heteroatoms. The van der Waals surface area contributed by atoms with E-state index in [0.717, 1.165) is 62.9 Å². The number of carbonyl (C=O) groups is 2. The number of likely N-dealkylation sites (tertiary alicyclic amines) is 1. The fourth-order valence-corrected chi connectivity index (χ4v) is 6.42. The van der Waals surface area contributed by atoms with Crippen molar-refractivity contribution in [2.45, 2.75) is 56.0 Å². The van der Waals surface area contributed by atoms with Gasteiger partial charge in [-0.05, 0) is 68.2 Å². The lowest BCUT2D eigenvalue weighted by Crippen LogP contribution is -2.44. The van der Waals surface area contributed by atoms with Gasteiger partial charge in [-0.3, -0.25) is 19.5 Å². The minimum absolute atomic E-state index is 0.0364. The van der Waals surface area contributed by atoms with Crippen molar-refractivity contribution in [2.24, 2.45) is 11.8 Å². The highest BCUT2D eigenvalue weighted by atomic mass is 19.4. The molecule has 0 radical (unpaired) electrons. The van der Waals surface area contributed by atoms with Gasteiger partial charge in [0.15, 0.2) is 0 Å². The zero-order valence-corrected chi connectivity index (χ0v) is 20.4. The molecule has 198 valence electrons. The van der Waals surface area contributed by atoms with E-state index in [4.69, 9.17) is 0 Å². The molecule has 2 aliphatic carbocycles. The predicted octanol–water partition coefficient (Wildman–Crippen LogP) is 3.10. The lowest BCUT2D eigenvalue weighted by Gasteiger charge is -2.28. The molecule has 37 heavy (non-hydrogen) atoms. The van der Waals surface area contributed by atoms with Crippen LogP contribution in [-0.2, 0) is 16.6 Å². The van der Waals surface area contributed by atoms with Crippen LogP contribution in [0, 0.1) is 11.8 Å². The summed E-state index contributed by atoms with van der Waals surface area (Å²) in [6.45, 7) is 1.30. The summed E-state index contributed by atoms with van der Waals surface area (Å²) in [6, 6.07) is 8.32. The number of fused-ring (bicyclic) bond motifs is 1. The average Bonchev–Trinajstić information content (AvgIpc) is 3.56. The van der Waals surface area contributed by atoms with Gasteiger partial charge in [0.2, 0.25) is 5.91 Å². The molecule has 7 nitrogen and oxygen atoms in total. The van der Waals surface area contributed by atoms with E-state index in [2.05, 4.69) is 20.5 Å². The highest BCUT2D eigenvalue weighted by Crippen LogP contribution is 2.53. The third kappa shape index (κ3) is 5.65. The number of nitrogens with one attached hydrogen (secondary N) is 2. The maximum absolute atomic E-state index is 12.9. The minimum Gasteiger partial charge on any atom is -0.385 e. The highest BCUT2D eigenvalue weighted by molar-refractivity contribution is 5.96. The van der Waals surface area contributed by atoms with Crippen LogP contribution in [0.4, 0.5) is 13.2 Å². The van der Waals surface area contributed by atoms with Crippen molar-refractivity contribution in [3.8, 4) is 0 Å². The summed E-state index contributed by atoms with van der Waals surface area (Å²) < 4.78 is 38.6. The molecule has 3 N–H and O–H groups in total. The summed E-state index contributed by atoms with van der Waals surface area (Å²) in [5, 5.41) is 16.5. The number of amides is 2. The first kappa shape index (κ1) is 25.7. The number of aromatic nitrogens is 1. The van der Waals surface area contributed by atoms with Gasteiger partial charge in [-0.25, -0.2) is 0 Å². The Bertz CT molecular complexity index is 1130. The second kappa shape index (κ2) is 10.1. The molecule has 5 rings (SSSR count). The number of alkyl halides is 3. The van der Waals surface area contributed by atoms with Crippen molar-refractivity contribution in [3.05, 3.63) is 65.5 Å². The van der Waals surface area contributed by atoms with Gasteiger partial charge in [0, 0.05) is 48.7 Å². The number of rotatable bonds is 6. The van der Waals surface area contributed by atoms with Gasteiger partial charge in [-0.1, -0.05) is 12.1 Å². The zero-order chi connectivity index (χ0) is 26.2. The van der Waals surface area contributed by atoms with Crippen molar-refractivity contribution in [1.82, 2.24) is 20.5 Å². The summed E-state index contributed by atoms with van der Waals surface area (Å²) in [6.07, 6.45) is 3.29. The molecule has 1 aromatic heterocycles. The van der Waals surface area contributed by atoms with Gasteiger partial charge in [0.25, 0.3) is 5.91 Å². The van der Waals surface area contributed by atoms with Crippen molar-refractivity contribution < 1.29 is 27.9 Å². The quantitative estimate of drug-likeness (QED) is 0.549. The standard InChI is InChI=1S/C27H31F3N4O3/c28-27(29,30)20-4-1-3-17(9-20)25(36)32-15-24(35)33-22-6-8-34(16-22)23-10-18-12-26(37,13-19(18)11-23)21-5-2-7-31-14-21/h1-5,7,9,14,18-19,22-23,37H,6,8,10-13,15-16H2,(H,32,36)(H,33,35)/t18-,19+,22-,23?,26?/m1/s1. The number of carbonyl (C=O) groups excluding carboxylic acids is 2. The minimum atomic E-state index is -4.54. The molecule has 3 aliphatic rings. The average molecular weight is 517 g/mol. The molecule has 3 fully saturated rings. The number of halogens is 3. The number of benzene rings is 1. The predicted molar refractivity (Wildman–Crippen MR) is 129 cm³/mol. The Kier molecular flexibility index (Phi) is 6.97. The Balaban J connectivity index is 1.06. The van der Waals surface area contributed by atoms with Crippen molar-refractivity contribution >= 4 is 11.8 Å². The van der Waals surface area contributed by atoms with E-state index >= 15 is 0 Å². The fraction of sp³-hybridized carbons (Fsp3) is 0.519. The largest absolute Gasteiger partial charge is 0.416 e. The molecule has 5 atom stereocenters. The summed E-state index contributed by atoms with van der Waals surface area (Å²) in [5.74, 6) is -0.153. The van der Waals surface area contributed by atoms with Crippen LogP contribution in [-0.4, -0.2) is 58.5 Å². The molecule has 1 saturated heterocycles. The van der Waals surface area contributed by atoms with Crippen LogP contribution in [0.25, 0.3) is 0 Å². The summed E-state index contributed by atoms with van der Waals surface area (Å²) in [7, 11) is 0. The third-order valence-corrected chi connectivity index (χ3v) is 8.18. The van der Waals surface area contributed by atoms with E-state index in [1.807, 2.05) is 12.1 Å². The van der Waals surface area contributed by atoms with Gasteiger partial charge in [0.1, 0.15) is 0 Å². The first-order chi connectivity index (χ1) is 17.6. The first-order valence-corrected chi connectivity index (χ1v) is 12.7. The molecule has 0 bridgehead atoms. The molecule has 1 aliphatic heterocycles. The van der Waals surface area contributed by atoms with Gasteiger partial charge < -0.3 is 15.7 Å². The molecular weight excluding hydrogens is 485 g/mol. The van der Waals surface area contributed by atoms with Crippen molar-refractivity contribution in [3.63, 3.8) is 0 Å². The molecule has 0 spiro atoms. The van der Waals surface area contributed by atoms with Gasteiger partial charge in [0.05, 0.1) is 17.7 Å². The first-order valence-electron chi connectivity index (χ1n) is 12.7. The maximum Gasteiger partial charge on any atom is 0.416 e. The number of nitrogens with zero attached hydrogens (tertiary/aromatic N) is 2. The van der Waals surface area contributed by atoms with Crippen molar-refractivity contribution in [1.29, 1.82) is 0 Å². The van der Waals surface area contributed by atoms with Crippen LogP contribution in [0.15, 0.2) is 48.8 Å². The smallest absolute Gasteiger partial charge is 0.385 e. The number of pyridine rings is 1. The number of hydrogen-bond acceptors (Lipinski definition) is 5. The summed E-state index contributed by atoms with van der Waals surface area (Å²) >= 11 is 0. The highest BCUT2D eigenvalue weighted by Gasteiger charge is 2.51. The van der Waals surface area contributed by atoms with Gasteiger partial charge in [-0.15, -0.1) is 0 Å². The van der Waals surface area contributed by atoms with E-state index < -0.39 is 23.2 Å². The topological polar surface area (TPSA) is 94.6 Å². The van der Waals surface area contributed by atoms with Gasteiger partial charge in [-0.2, -0.15) is 13.2 Å². The summed E-state index contributed by atoms with van der Waals surface area (Å²) in [5.41, 5.74) is -0.954. The second-order valence-corrected chi connectivity index (χ2v) is 10.6. The number of aliphatic hydroxyl groups is 1. The molecule has 2 saturated carbocycles. The number of hydrogen-bond donors (Lipinski definition) is 3. The molecule has 2 amide bonds. The van der Waals surface area contributed by atoms with Crippen LogP contribution < -0.4 is 10.6 Å². The molecule has 1 aromatic carbocycles. The summed E-state index contributed by atoms with van der Waals surface area (Å²) in [4.78, 5) is 31.2. The van der Waals surface area contributed by atoms with Crippen LogP contribution in [0.3, 0.4) is 0 Å². The molecule has 2 aromatic rings. The Labute approximate surface area is 213 Å². The SMILES string of the molecule is O=C(CNC(=O)c1cccc(C(F)(F)F)c1)N[C@@H]1CCN(C2C[C@@H]3CC(O)(c4cccnc4)C[C@@H]3C2)C1. The van der Waals surface area contributed by atoms with Crippen LogP contribution in [0.2, 0.25) is 0 Å². The zero-order valence-electron chi connectivity index (χ0n) is 20.4. The Morgan fingerprint density at radius 3 is 2.57 bits per heavy atom. The second-order valence-electron chi connectivity index (χ2n) is 10.6. The molecule has 2 heterocycles. The Morgan fingerprint density at radius 2 is 1.89 bits per heavy atom. The lowest BCUT2D eigenvalue weighted by atomic mass is 9.90. The van der Waals surface area contributed by atoms with Gasteiger partial charge >= 0.3 is 6.18 Å². The van der Waals surface area contributed by atoms with E-state index in [-0.39, 0.29) is 24.1 Å².